The zero-order valence-electron chi connectivity index (χ0n) is 9.35. The van der Waals surface area contributed by atoms with Gasteiger partial charge in [-0.15, -0.1) is 0 Å². The summed E-state index contributed by atoms with van der Waals surface area (Å²) < 4.78 is 24.4. The van der Waals surface area contributed by atoms with Crippen molar-refractivity contribution < 1.29 is 13.9 Å². The minimum Gasteiger partial charge on any atom is -0.481 e. The Morgan fingerprint density at radius 2 is 1.94 bits per heavy atom. The molecule has 1 heterocycles. The standard InChI is InChI=1S/C11H9BrFN3O2/c1-17-9-5-10(16-11(14)15-9)18-8-4-6(12)2-3-7(8)13/h2-5H,1H3,(H2,14,15,16). The molecule has 0 unspecified atom stereocenters. The molecule has 2 N–H and O–H groups in total. The Morgan fingerprint density at radius 1 is 1.22 bits per heavy atom. The van der Waals surface area contributed by atoms with E-state index in [1.807, 2.05) is 0 Å². The number of hydrogen-bond acceptors (Lipinski definition) is 5. The van der Waals surface area contributed by atoms with Crippen LogP contribution in [-0.2, 0) is 0 Å². The van der Waals surface area contributed by atoms with Gasteiger partial charge >= 0.3 is 0 Å². The maximum absolute atomic E-state index is 13.5. The number of halogens is 2. The molecule has 0 amide bonds. The van der Waals surface area contributed by atoms with Crippen molar-refractivity contribution in [2.45, 2.75) is 0 Å². The van der Waals surface area contributed by atoms with E-state index in [0.717, 1.165) is 0 Å². The predicted octanol–water partition coefficient (Wildman–Crippen LogP) is 2.76. The Balaban J connectivity index is 2.33. The number of anilines is 1. The number of methoxy groups -OCH3 is 1. The van der Waals surface area contributed by atoms with E-state index in [4.69, 9.17) is 15.2 Å². The Hall–Kier alpha value is -1.89. The lowest BCUT2D eigenvalue weighted by Gasteiger charge is -2.07. The van der Waals surface area contributed by atoms with Crippen LogP contribution in [0.2, 0.25) is 0 Å². The Morgan fingerprint density at radius 3 is 2.67 bits per heavy atom. The van der Waals surface area contributed by atoms with Gasteiger partial charge < -0.3 is 15.2 Å². The predicted molar refractivity (Wildman–Crippen MR) is 67.2 cm³/mol. The Kier molecular flexibility index (Phi) is 3.61. The van der Waals surface area contributed by atoms with Crippen molar-refractivity contribution in [2.75, 3.05) is 12.8 Å². The van der Waals surface area contributed by atoms with E-state index >= 15 is 0 Å². The largest absolute Gasteiger partial charge is 0.481 e. The number of nitrogens with zero attached hydrogens (tertiary/aromatic N) is 2. The number of nitrogen functional groups attached to an aromatic ring is 1. The molecule has 7 heteroatoms. The van der Waals surface area contributed by atoms with Crippen LogP contribution in [0.3, 0.4) is 0 Å². The highest BCUT2D eigenvalue weighted by atomic mass is 79.9. The molecule has 1 aromatic heterocycles. The van der Waals surface area contributed by atoms with Crippen LogP contribution in [0.15, 0.2) is 28.7 Å². The van der Waals surface area contributed by atoms with Crippen molar-refractivity contribution >= 4 is 21.9 Å². The summed E-state index contributed by atoms with van der Waals surface area (Å²) in [5, 5.41) is 0. The second-order valence-corrected chi connectivity index (χ2v) is 4.20. The van der Waals surface area contributed by atoms with Crippen LogP contribution in [0.25, 0.3) is 0 Å². The quantitative estimate of drug-likeness (QED) is 0.943. The second kappa shape index (κ2) is 5.18. The molecule has 0 atom stereocenters. The van der Waals surface area contributed by atoms with Gasteiger partial charge in [-0.2, -0.15) is 9.97 Å². The molecular formula is C11H9BrFN3O2. The van der Waals surface area contributed by atoms with Gasteiger partial charge in [0.05, 0.1) is 13.2 Å². The van der Waals surface area contributed by atoms with Gasteiger partial charge in [0.2, 0.25) is 17.7 Å². The molecular weight excluding hydrogens is 305 g/mol. The zero-order valence-corrected chi connectivity index (χ0v) is 10.9. The number of rotatable bonds is 3. The monoisotopic (exact) mass is 313 g/mol. The van der Waals surface area contributed by atoms with Crippen LogP contribution in [0.4, 0.5) is 10.3 Å². The number of benzene rings is 1. The Labute approximate surface area is 111 Å². The third kappa shape index (κ3) is 2.86. The molecule has 0 saturated heterocycles. The first-order chi connectivity index (χ1) is 8.58. The maximum atomic E-state index is 13.5. The molecule has 18 heavy (non-hydrogen) atoms. The van der Waals surface area contributed by atoms with Crippen molar-refractivity contribution in [2.24, 2.45) is 0 Å². The van der Waals surface area contributed by atoms with Crippen molar-refractivity contribution in [3.05, 3.63) is 34.6 Å². The lowest BCUT2D eigenvalue weighted by atomic mass is 10.3. The van der Waals surface area contributed by atoms with Gasteiger partial charge in [-0.25, -0.2) is 4.39 Å². The number of ether oxygens (including phenoxy) is 2. The lowest BCUT2D eigenvalue weighted by molar-refractivity contribution is 0.385. The van der Waals surface area contributed by atoms with E-state index in [1.165, 1.54) is 25.3 Å². The molecule has 0 aliphatic carbocycles. The molecule has 1 aromatic carbocycles. The highest BCUT2D eigenvalue weighted by Crippen LogP contribution is 2.28. The molecule has 0 radical (unpaired) electrons. The SMILES string of the molecule is COc1cc(Oc2cc(Br)ccc2F)nc(N)n1. The molecule has 2 aromatic rings. The lowest BCUT2D eigenvalue weighted by Crippen LogP contribution is -2.00. The van der Waals surface area contributed by atoms with Gasteiger partial charge in [0, 0.05) is 4.47 Å². The van der Waals surface area contributed by atoms with Gasteiger partial charge in [0.15, 0.2) is 11.6 Å². The fourth-order valence-electron chi connectivity index (χ4n) is 1.25. The topological polar surface area (TPSA) is 70.3 Å². The maximum Gasteiger partial charge on any atom is 0.228 e. The van der Waals surface area contributed by atoms with E-state index < -0.39 is 5.82 Å². The molecule has 0 bridgehead atoms. The zero-order chi connectivity index (χ0) is 13.1. The third-order valence-corrected chi connectivity index (χ3v) is 2.51. The van der Waals surface area contributed by atoms with Crippen LogP contribution >= 0.6 is 15.9 Å². The summed E-state index contributed by atoms with van der Waals surface area (Å²) in [6.07, 6.45) is 0. The van der Waals surface area contributed by atoms with E-state index in [0.29, 0.717) is 4.47 Å². The average Bonchev–Trinajstić information content (AvgIpc) is 2.33. The van der Waals surface area contributed by atoms with Crippen LogP contribution in [-0.4, -0.2) is 17.1 Å². The highest BCUT2D eigenvalue weighted by Gasteiger charge is 2.09. The fraction of sp³-hybridized carbons (Fsp3) is 0.0909. The molecule has 0 aliphatic rings. The van der Waals surface area contributed by atoms with E-state index in [1.54, 1.807) is 6.07 Å². The van der Waals surface area contributed by atoms with Crippen LogP contribution < -0.4 is 15.2 Å². The molecule has 94 valence electrons. The summed E-state index contributed by atoms with van der Waals surface area (Å²) in [7, 11) is 1.44. The summed E-state index contributed by atoms with van der Waals surface area (Å²) in [5.74, 6) is -0.136. The van der Waals surface area contributed by atoms with E-state index in [2.05, 4.69) is 25.9 Å². The van der Waals surface area contributed by atoms with Crippen LogP contribution in [0.1, 0.15) is 0 Å². The van der Waals surface area contributed by atoms with Crippen molar-refractivity contribution in [1.82, 2.24) is 9.97 Å². The smallest absolute Gasteiger partial charge is 0.228 e. The molecule has 0 saturated carbocycles. The summed E-state index contributed by atoms with van der Waals surface area (Å²) >= 11 is 3.22. The van der Waals surface area contributed by atoms with E-state index in [9.17, 15) is 4.39 Å². The van der Waals surface area contributed by atoms with Gasteiger partial charge in [-0.1, -0.05) is 15.9 Å². The molecule has 2 rings (SSSR count). The first-order valence-electron chi connectivity index (χ1n) is 4.90. The number of aromatic nitrogens is 2. The van der Waals surface area contributed by atoms with Crippen molar-refractivity contribution in [1.29, 1.82) is 0 Å². The van der Waals surface area contributed by atoms with E-state index in [-0.39, 0.29) is 23.5 Å². The minimum absolute atomic E-state index is 0.0141. The molecule has 0 spiro atoms. The van der Waals surface area contributed by atoms with Gasteiger partial charge in [-0.05, 0) is 18.2 Å². The minimum atomic E-state index is -0.505. The summed E-state index contributed by atoms with van der Waals surface area (Å²) in [6.45, 7) is 0. The average molecular weight is 314 g/mol. The van der Waals surface area contributed by atoms with Gasteiger partial charge in [0.1, 0.15) is 0 Å². The summed E-state index contributed by atoms with van der Waals surface area (Å²) in [6, 6.07) is 5.75. The molecule has 0 aliphatic heterocycles. The van der Waals surface area contributed by atoms with Gasteiger partial charge in [-0.3, -0.25) is 0 Å². The number of hydrogen-bond donors (Lipinski definition) is 1. The summed E-state index contributed by atoms with van der Waals surface area (Å²) in [5.41, 5.74) is 5.47. The number of nitrogens with two attached hydrogens (primary N) is 1. The summed E-state index contributed by atoms with van der Waals surface area (Å²) in [4.78, 5) is 7.63. The first-order valence-corrected chi connectivity index (χ1v) is 5.69. The third-order valence-electron chi connectivity index (χ3n) is 2.01. The van der Waals surface area contributed by atoms with Crippen LogP contribution in [0.5, 0.6) is 17.5 Å². The fourth-order valence-corrected chi connectivity index (χ4v) is 1.59. The normalized spacial score (nSPS) is 10.2. The second-order valence-electron chi connectivity index (χ2n) is 3.28. The highest BCUT2D eigenvalue weighted by molar-refractivity contribution is 9.10. The Bertz CT molecular complexity index is 580. The van der Waals surface area contributed by atoms with Crippen molar-refractivity contribution in [3.8, 4) is 17.5 Å². The van der Waals surface area contributed by atoms with Gasteiger partial charge in [0.25, 0.3) is 0 Å². The molecule has 5 nitrogen and oxygen atoms in total. The van der Waals surface area contributed by atoms with Crippen molar-refractivity contribution in [3.63, 3.8) is 0 Å². The first kappa shape index (κ1) is 12.6. The molecule has 0 fully saturated rings. The van der Waals surface area contributed by atoms with Crippen LogP contribution in [0, 0.1) is 5.82 Å².